The van der Waals surface area contributed by atoms with Crippen LogP contribution >= 0.6 is 0 Å². The fourth-order valence-electron chi connectivity index (χ4n) is 3.36. The molecule has 0 N–H and O–H groups in total. The number of fused-ring (bicyclic) bond motifs is 1. The van der Waals surface area contributed by atoms with Crippen LogP contribution in [0.3, 0.4) is 0 Å². The van der Waals surface area contributed by atoms with Gasteiger partial charge in [-0.1, -0.05) is 36.4 Å². The molecule has 1 saturated heterocycles. The molecule has 1 fully saturated rings. The van der Waals surface area contributed by atoms with Gasteiger partial charge in [-0.3, -0.25) is 4.79 Å². The topological polar surface area (TPSA) is 29.6 Å². The maximum absolute atomic E-state index is 13.0. The molecule has 2 nitrogen and oxygen atoms in total. The fourth-order valence-corrected chi connectivity index (χ4v) is 3.36. The van der Waals surface area contributed by atoms with E-state index in [9.17, 15) is 9.18 Å². The Morgan fingerprint density at radius 1 is 1.10 bits per heavy atom. The second kappa shape index (κ2) is 4.50. The maximum Gasteiger partial charge on any atom is 0.197 e. The summed E-state index contributed by atoms with van der Waals surface area (Å²) in [6, 6.07) is 14.0. The third-order valence-corrected chi connectivity index (χ3v) is 4.51. The highest BCUT2D eigenvalue weighted by Gasteiger charge is 2.62. The van der Waals surface area contributed by atoms with E-state index >= 15 is 0 Å². The van der Waals surface area contributed by atoms with Gasteiger partial charge in [0.25, 0.3) is 0 Å². The molecule has 1 heterocycles. The van der Waals surface area contributed by atoms with Gasteiger partial charge in [0.2, 0.25) is 0 Å². The van der Waals surface area contributed by atoms with Gasteiger partial charge in [-0.25, -0.2) is 4.39 Å². The molecule has 0 aromatic heterocycles. The second-order valence-electron chi connectivity index (χ2n) is 5.78. The number of ketones is 1. The lowest BCUT2D eigenvalue weighted by Gasteiger charge is -2.09. The number of halogens is 1. The lowest BCUT2D eigenvalue weighted by atomic mass is 9.89. The first-order valence-electron chi connectivity index (χ1n) is 7.27. The predicted octanol–water partition coefficient (Wildman–Crippen LogP) is 3.86. The van der Waals surface area contributed by atoms with Crippen molar-refractivity contribution in [3.63, 3.8) is 0 Å². The van der Waals surface area contributed by atoms with Crippen LogP contribution in [0.2, 0.25) is 0 Å². The van der Waals surface area contributed by atoms with E-state index in [2.05, 4.69) is 0 Å². The molecule has 3 heteroatoms. The zero-order chi connectivity index (χ0) is 14.4. The summed E-state index contributed by atoms with van der Waals surface area (Å²) >= 11 is 0. The minimum atomic E-state index is -0.732. The summed E-state index contributed by atoms with van der Waals surface area (Å²) in [6.07, 6.45) is 2.32. The number of hydrogen-bond donors (Lipinski definition) is 0. The Hall–Kier alpha value is -2.00. The van der Waals surface area contributed by atoms with Crippen molar-refractivity contribution >= 4 is 5.78 Å². The molecule has 2 aromatic rings. The predicted molar refractivity (Wildman–Crippen MR) is 76.7 cm³/mol. The van der Waals surface area contributed by atoms with Crippen LogP contribution in [-0.4, -0.2) is 11.4 Å². The molecule has 2 atom stereocenters. The second-order valence-corrected chi connectivity index (χ2v) is 5.78. The van der Waals surface area contributed by atoms with Crippen LogP contribution in [0.4, 0.5) is 4.39 Å². The highest BCUT2D eigenvalue weighted by atomic mass is 19.1. The summed E-state index contributed by atoms with van der Waals surface area (Å²) in [4.78, 5) is 12.9. The van der Waals surface area contributed by atoms with Gasteiger partial charge in [-0.2, -0.15) is 0 Å². The smallest absolute Gasteiger partial charge is 0.197 e. The molecular weight excluding hydrogens is 267 g/mol. The molecule has 2 aliphatic rings. The molecule has 0 radical (unpaired) electrons. The number of carbonyl (C=O) groups is 1. The molecule has 106 valence electrons. The summed E-state index contributed by atoms with van der Waals surface area (Å²) in [7, 11) is 0. The Balaban J connectivity index is 1.70. The van der Waals surface area contributed by atoms with E-state index in [4.69, 9.17) is 4.74 Å². The Kier molecular flexibility index (Phi) is 2.73. The number of Topliss-reactive ketones (excluding diaryl/α,β-unsaturated/α-hetero) is 1. The van der Waals surface area contributed by atoms with Gasteiger partial charge >= 0.3 is 0 Å². The van der Waals surface area contributed by atoms with Crippen LogP contribution in [-0.2, 0) is 11.2 Å². The Morgan fingerprint density at radius 2 is 1.86 bits per heavy atom. The van der Waals surface area contributed by atoms with Crippen LogP contribution in [0.15, 0.2) is 48.5 Å². The average molecular weight is 282 g/mol. The number of epoxide rings is 1. The third kappa shape index (κ3) is 1.92. The minimum Gasteiger partial charge on any atom is -0.352 e. The van der Waals surface area contributed by atoms with Crippen LogP contribution < -0.4 is 0 Å². The van der Waals surface area contributed by atoms with E-state index in [0.717, 1.165) is 36.0 Å². The van der Waals surface area contributed by atoms with Crippen molar-refractivity contribution in [3.05, 3.63) is 71.0 Å². The van der Waals surface area contributed by atoms with Crippen molar-refractivity contribution in [2.24, 2.45) is 0 Å². The van der Waals surface area contributed by atoms with Crippen LogP contribution in [0.5, 0.6) is 0 Å². The van der Waals surface area contributed by atoms with E-state index in [1.54, 1.807) is 12.1 Å². The molecule has 0 amide bonds. The van der Waals surface area contributed by atoms with E-state index in [0.29, 0.717) is 0 Å². The normalized spacial score (nSPS) is 27.3. The zero-order valence-corrected chi connectivity index (χ0v) is 11.5. The summed E-state index contributed by atoms with van der Waals surface area (Å²) in [5, 5.41) is 0. The first-order valence-corrected chi connectivity index (χ1v) is 7.27. The first kappa shape index (κ1) is 12.7. The van der Waals surface area contributed by atoms with Crippen LogP contribution in [0.25, 0.3) is 0 Å². The molecule has 21 heavy (non-hydrogen) atoms. The molecular formula is C18H15FO2. The maximum atomic E-state index is 13.0. The number of ether oxygens (including phenoxy) is 1. The van der Waals surface area contributed by atoms with E-state index < -0.39 is 5.60 Å². The molecule has 0 saturated carbocycles. The van der Waals surface area contributed by atoms with Gasteiger partial charge < -0.3 is 4.74 Å². The largest absolute Gasteiger partial charge is 0.352 e. The number of aryl methyl sites for hydroxylation is 1. The van der Waals surface area contributed by atoms with Crippen molar-refractivity contribution in [2.45, 2.75) is 31.0 Å². The summed E-state index contributed by atoms with van der Waals surface area (Å²) in [5.74, 6) is -0.198. The summed E-state index contributed by atoms with van der Waals surface area (Å²) in [6.45, 7) is 0. The van der Waals surface area contributed by atoms with Crippen molar-refractivity contribution in [3.8, 4) is 0 Å². The van der Waals surface area contributed by atoms with E-state index in [1.807, 2.05) is 24.3 Å². The number of carbonyl (C=O) groups excluding carboxylic acids is 1. The SMILES string of the molecule is O=C1c2ccccc2CCC[C@@]12O[C@@H]2c1ccc(F)cc1. The standard InChI is InChI=1S/C18H15FO2/c19-14-9-7-13(8-10-14)17-18(21-17)11-3-5-12-4-1-2-6-15(12)16(18)20/h1-2,4,6-10,17H,3,5,11H2/t17-,18-/m1/s1. The van der Waals surface area contributed by atoms with Crippen LogP contribution in [0.1, 0.15) is 40.4 Å². The molecule has 1 spiro atoms. The van der Waals surface area contributed by atoms with Gasteiger partial charge in [-0.05, 0) is 42.5 Å². The molecule has 0 bridgehead atoms. The summed E-state index contributed by atoms with van der Waals surface area (Å²) in [5.41, 5.74) is 2.03. The van der Waals surface area contributed by atoms with Gasteiger partial charge in [0, 0.05) is 5.56 Å². The van der Waals surface area contributed by atoms with Crippen molar-refractivity contribution in [2.75, 3.05) is 0 Å². The zero-order valence-electron chi connectivity index (χ0n) is 11.5. The molecule has 4 rings (SSSR count). The monoisotopic (exact) mass is 282 g/mol. The molecule has 0 unspecified atom stereocenters. The number of benzene rings is 2. The average Bonchev–Trinajstić information content (AvgIpc) is 3.25. The third-order valence-electron chi connectivity index (χ3n) is 4.51. The van der Waals surface area contributed by atoms with Gasteiger partial charge in [0.15, 0.2) is 11.4 Å². The first-order chi connectivity index (χ1) is 10.2. The molecule has 1 aliphatic carbocycles. The lowest BCUT2D eigenvalue weighted by Crippen LogP contribution is -2.24. The minimum absolute atomic E-state index is 0.0740. The van der Waals surface area contributed by atoms with Gasteiger partial charge in [0.05, 0.1) is 0 Å². The Bertz CT molecular complexity index is 707. The van der Waals surface area contributed by atoms with E-state index in [-0.39, 0.29) is 17.7 Å². The van der Waals surface area contributed by atoms with Gasteiger partial charge in [-0.15, -0.1) is 0 Å². The number of rotatable bonds is 1. The van der Waals surface area contributed by atoms with Crippen LogP contribution in [0, 0.1) is 5.82 Å². The Morgan fingerprint density at radius 3 is 2.67 bits per heavy atom. The Labute approximate surface area is 122 Å². The molecule has 2 aromatic carbocycles. The molecule has 1 aliphatic heterocycles. The lowest BCUT2D eigenvalue weighted by molar-refractivity contribution is 0.0867. The fraction of sp³-hybridized carbons (Fsp3) is 0.278. The number of hydrogen-bond acceptors (Lipinski definition) is 2. The van der Waals surface area contributed by atoms with Crippen molar-refractivity contribution in [1.29, 1.82) is 0 Å². The van der Waals surface area contributed by atoms with Crippen molar-refractivity contribution < 1.29 is 13.9 Å². The highest BCUT2D eigenvalue weighted by molar-refractivity contribution is 6.06. The van der Waals surface area contributed by atoms with Gasteiger partial charge in [0.1, 0.15) is 11.9 Å². The van der Waals surface area contributed by atoms with E-state index in [1.165, 1.54) is 12.1 Å². The summed E-state index contributed by atoms with van der Waals surface area (Å²) < 4.78 is 18.9. The quantitative estimate of drug-likeness (QED) is 0.743. The highest BCUT2D eigenvalue weighted by Crippen LogP contribution is 2.55. The van der Waals surface area contributed by atoms with Crippen molar-refractivity contribution in [1.82, 2.24) is 0 Å².